The number of halogens is 2. The summed E-state index contributed by atoms with van der Waals surface area (Å²) in [6, 6.07) is 6.45. The van der Waals surface area contributed by atoms with E-state index in [4.69, 9.17) is 37.4 Å². The summed E-state index contributed by atoms with van der Waals surface area (Å²) in [6.07, 6.45) is 0. The summed E-state index contributed by atoms with van der Waals surface area (Å²) in [5.41, 5.74) is 0.826. The highest BCUT2D eigenvalue weighted by molar-refractivity contribution is 6.43. The van der Waals surface area contributed by atoms with E-state index in [0.29, 0.717) is 11.5 Å². The van der Waals surface area contributed by atoms with Crippen LogP contribution in [0, 0.1) is 0 Å². The van der Waals surface area contributed by atoms with Crippen LogP contribution in [-0.2, 0) is 20.9 Å². The zero-order valence-corrected chi connectivity index (χ0v) is 19.5. The number of rotatable bonds is 8. The van der Waals surface area contributed by atoms with E-state index in [0.717, 1.165) is 10.5 Å². The van der Waals surface area contributed by atoms with Crippen molar-refractivity contribution in [2.45, 2.75) is 19.5 Å². The van der Waals surface area contributed by atoms with E-state index < -0.39 is 36.3 Å². The molecule has 33 heavy (non-hydrogen) atoms. The molecule has 0 saturated carbocycles. The molecule has 1 aliphatic rings. The molecule has 2 aromatic carbocycles. The maximum absolute atomic E-state index is 12.6. The summed E-state index contributed by atoms with van der Waals surface area (Å²) >= 11 is 11.8. The molecule has 0 spiro atoms. The molecule has 0 aliphatic carbocycles. The largest absolute Gasteiger partial charge is 0.493 e. The average molecular weight is 495 g/mol. The van der Waals surface area contributed by atoms with Crippen LogP contribution in [0.1, 0.15) is 33.2 Å². The first-order chi connectivity index (χ1) is 15.7. The van der Waals surface area contributed by atoms with Gasteiger partial charge >= 0.3 is 5.97 Å². The Bertz CT molecular complexity index is 1090. The number of amides is 3. The average Bonchev–Trinajstić information content (AvgIpc) is 3.04. The summed E-state index contributed by atoms with van der Waals surface area (Å²) < 4.78 is 15.4. The smallest absolute Gasteiger partial charge is 0.329 e. The molecule has 0 unspecified atom stereocenters. The molecule has 1 atom stereocenters. The second kappa shape index (κ2) is 10.1. The lowest BCUT2D eigenvalue weighted by Gasteiger charge is -2.20. The maximum atomic E-state index is 12.6. The number of esters is 1. The lowest BCUT2D eigenvalue weighted by atomic mass is 10.1. The summed E-state index contributed by atoms with van der Waals surface area (Å²) in [5, 5.41) is 2.83. The fourth-order valence-electron chi connectivity index (χ4n) is 3.21. The summed E-state index contributed by atoms with van der Waals surface area (Å²) in [4.78, 5) is 50.5. The predicted octanol–water partition coefficient (Wildman–Crippen LogP) is 2.85. The van der Waals surface area contributed by atoms with Gasteiger partial charge in [0.2, 0.25) is 0 Å². The Kier molecular flexibility index (Phi) is 7.45. The van der Waals surface area contributed by atoms with E-state index in [1.807, 2.05) is 0 Å². The van der Waals surface area contributed by atoms with Crippen LogP contribution in [0.25, 0.3) is 0 Å². The first-order valence-electron chi connectivity index (χ1n) is 9.69. The van der Waals surface area contributed by atoms with E-state index in [1.54, 1.807) is 18.2 Å². The van der Waals surface area contributed by atoms with Gasteiger partial charge in [-0.2, -0.15) is 0 Å². The van der Waals surface area contributed by atoms with Crippen LogP contribution in [-0.4, -0.2) is 55.5 Å². The lowest BCUT2D eigenvalue weighted by Crippen LogP contribution is -2.44. The Morgan fingerprint density at radius 3 is 2.09 bits per heavy atom. The fraction of sp³-hybridized carbons (Fsp3) is 0.273. The number of nitrogens with one attached hydrogen (secondary N) is 1. The van der Waals surface area contributed by atoms with Crippen molar-refractivity contribution in [2.75, 3.05) is 20.8 Å². The second-order valence-electron chi connectivity index (χ2n) is 7.04. The topological polar surface area (TPSA) is 111 Å². The predicted molar refractivity (Wildman–Crippen MR) is 119 cm³/mol. The molecule has 0 fully saturated rings. The third kappa shape index (κ3) is 5.04. The quantitative estimate of drug-likeness (QED) is 0.443. The van der Waals surface area contributed by atoms with Gasteiger partial charge in [0, 0.05) is 6.54 Å². The summed E-state index contributed by atoms with van der Waals surface area (Å²) in [5.74, 6) is -1.82. The highest BCUT2D eigenvalue weighted by atomic mass is 35.5. The number of benzene rings is 2. The van der Waals surface area contributed by atoms with Crippen LogP contribution >= 0.6 is 23.2 Å². The third-order valence-corrected chi connectivity index (χ3v) is 5.69. The van der Waals surface area contributed by atoms with Crippen molar-refractivity contribution in [3.05, 3.63) is 57.1 Å². The number of fused-ring (bicyclic) bond motifs is 1. The van der Waals surface area contributed by atoms with E-state index in [9.17, 15) is 19.2 Å². The number of ether oxygens (including phenoxy) is 3. The third-order valence-electron chi connectivity index (χ3n) is 4.97. The summed E-state index contributed by atoms with van der Waals surface area (Å²) in [6.45, 7) is 0.901. The minimum Gasteiger partial charge on any atom is -0.493 e. The number of carbonyl (C=O) groups excluding carboxylic acids is 4. The standard InChI is InChI=1S/C22H20Cl2N2O7/c1-11(26-20(28)13-7-15(23)16(24)8-14(13)21(26)29)22(30)33-10-19(27)25-9-12-4-5-17(31-2)18(6-12)32-3/h4-8,11H,9-10H2,1-3H3,(H,25,27)/t11-/m0/s1. The van der Waals surface area contributed by atoms with Crippen LogP contribution in [0.4, 0.5) is 0 Å². The van der Waals surface area contributed by atoms with Gasteiger partial charge < -0.3 is 19.5 Å². The van der Waals surface area contributed by atoms with Gasteiger partial charge in [-0.1, -0.05) is 29.3 Å². The van der Waals surface area contributed by atoms with Gasteiger partial charge in [0.05, 0.1) is 35.4 Å². The van der Waals surface area contributed by atoms with Crippen molar-refractivity contribution in [2.24, 2.45) is 0 Å². The summed E-state index contributed by atoms with van der Waals surface area (Å²) in [7, 11) is 3.01. The molecule has 2 aromatic rings. The zero-order chi connectivity index (χ0) is 24.3. The molecule has 3 rings (SSSR count). The minimum absolute atomic E-state index is 0.0433. The number of hydrogen-bond donors (Lipinski definition) is 1. The fourth-order valence-corrected chi connectivity index (χ4v) is 3.54. The Morgan fingerprint density at radius 2 is 1.55 bits per heavy atom. The Hall–Kier alpha value is -3.30. The number of carbonyl (C=O) groups is 4. The van der Waals surface area contributed by atoms with E-state index in [2.05, 4.69) is 5.32 Å². The second-order valence-corrected chi connectivity index (χ2v) is 7.86. The first-order valence-corrected chi connectivity index (χ1v) is 10.4. The van der Waals surface area contributed by atoms with Crippen molar-refractivity contribution in [1.82, 2.24) is 10.2 Å². The van der Waals surface area contributed by atoms with Gasteiger partial charge in [-0.15, -0.1) is 0 Å². The molecular weight excluding hydrogens is 475 g/mol. The van der Waals surface area contributed by atoms with Crippen LogP contribution in [0.3, 0.4) is 0 Å². The molecule has 1 aliphatic heterocycles. The molecule has 0 saturated heterocycles. The normalized spacial score (nSPS) is 13.4. The number of methoxy groups -OCH3 is 2. The molecule has 0 radical (unpaired) electrons. The maximum Gasteiger partial charge on any atom is 0.329 e. The minimum atomic E-state index is -1.26. The van der Waals surface area contributed by atoms with Crippen LogP contribution in [0.15, 0.2) is 30.3 Å². The Morgan fingerprint density at radius 1 is 0.970 bits per heavy atom. The van der Waals surface area contributed by atoms with Gasteiger partial charge in [-0.25, -0.2) is 4.79 Å². The van der Waals surface area contributed by atoms with Gasteiger partial charge in [0.1, 0.15) is 6.04 Å². The van der Waals surface area contributed by atoms with Crippen LogP contribution in [0.5, 0.6) is 11.5 Å². The van der Waals surface area contributed by atoms with Crippen molar-refractivity contribution < 1.29 is 33.4 Å². The van der Waals surface area contributed by atoms with Gasteiger partial charge in [-0.05, 0) is 36.8 Å². The molecule has 0 bridgehead atoms. The Labute approximate surface area is 199 Å². The molecule has 174 valence electrons. The number of nitrogens with zero attached hydrogens (tertiary/aromatic N) is 1. The van der Waals surface area contributed by atoms with E-state index in [1.165, 1.54) is 33.3 Å². The highest BCUT2D eigenvalue weighted by Gasteiger charge is 2.42. The van der Waals surface area contributed by atoms with Gasteiger partial charge in [0.15, 0.2) is 18.1 Å². The monoisotopic (exact) mass is 494 g/mol. The molecular formula is C22H20Cl2N2O7. The Balaban J connectivity index is 1.56. The zero-order valence-electron chi connectivity index (χ0n) is 17.9. The molecule has 9 nitrogen and oxygen atoms in total. The lowest BCUT2D eigenvalue weighted by molar-refractivity contribution is -0.151. The molecule has 1 N–H and O–H groups in total. The van der Waals surface area contributed by atoms with Gasteiger partial charge in [0.25, 0.3) is 17.7 Å². The van der Waals surface area contributed by atoms with Crippen LogP contribution < -0.4 is 14.8 Å². The van der Waals surface area contributed by atoms with Crippen molar-refractivity contribution in [3.8, 4) is 11.5 Å². The van der Waals surface area contributed by atoms with Crippen LogP contribution in [0.2, 0.25) is 10.0 Å². The number of imide groups is 1. The first kappa shape index (κ1) is 24.3. The van der Waals surface area contributed by atoms with Crippen molar-refractivity contribution in [3.63, 3.8) is 0 Å². The molecule has 11 heteroatoms. The molecule has 1 heterocycles. The van der Waals surface area contributed by atoms with Crippen molar-refractivity contribution in [1.29, 1.82) is 0 Å². The van der Waals surface area contributed by atoms with Gasteiger partial charge in [-0.3, -0.25) is 19.3 Å². The molecule has 0 aromatic heterocycles. The van der Waals surface area contributed by atoms with E-state index >= 15 is 0 Å². The SMILES string of the molecule is COc1ccc(CNC(=O)COC(=O)[C@H](C)N2C(=O)c3cc(Cl)c(Cl)cc3C2=O)cc1OC. The molecule has 3 amide bonds. The van der Waals surface area contributed by atoms with E-state index in [-0.39, 0.29) is 27.7 Å². The highest BCUT2D eigenvalue weighted by Crippen LogP contribution is 2.32. The number of hydrogen-bond acceptors (Lipinski definition) is 7. The van der Waals surface area contributed by atoms with Crippen molar-refractivity contribution >= 4 is 46.9 Å².